The Bertz CT molecular complexity index is 732. The number of phenols is 1. The first-order valence-corrected chi connectivity index (χ1v) is 6.62. The van der Waals surface area contributed by atoms with Crippen LogP contribution in [-0.4, -0.2) is 34.0 Å². The first-order valence-electron chi connectivity index (χ1n) is 6.62. The monoisotopic (exact) mass is 304 g/mol. The maximum absolute atomic E-state index is 11.6. The van der Waals surface area contributed by atoms with Crippen LogP contribution < -0.4 is 15.7 Å². The highest BCUT2D eigenvalue weighted by atomic mass is 16.5. The molecule has 1 aromatic carbocycles. The van der Waals surface area contributed by atoms with E-state index in [4.69, 9.17) is 4.74 Å². The standard InChI is InChI=1S/C14H16N4O4/c1-2-22-12-5-9(3-4-11(12)19)8-15-17-13(20)6-10-7-14(21)18-16-10/h3-5,7-8,19H,2,6H2,1H3,(H,17,20)(H2,16,18,21)/b15-8-. The van der Waals surface area contributed by atoms with Crippen LogP contribution in [0.3, 0.4) is 0 Å². The zero-order chi connectivity index (χ0) is 15.9. The molecule has 1 aromatic heterocycles. The van der Waals surface area contributed by atoms with Gasteiger partial charge in [-0.1, -0.05) is 0 Å². The Labute approximate surface area is 125 Å². The lowest BCUT2D eigenvalue weighted by molar-refractivity contribution is -0.120. The number of aromatic hydroxyl groups is 1. The first-order chi connectivity index (χ1) is 10.6. The molecule has 0 aliphatic heterocycles. The molecular weight excluding hydrogens is 288 g/mol. The lowest BCUT2D eigenvalue weighted by Crippen LogP contribution is -2.20. The van der Waals surface area contributed by atoms with Crippen molar-refractivity contribution in [2.45, 2.75) is 13.3 Å². The third-order valence-electron chi connectivity index (χ3n) is 2.69. The van der Waals surface area contributed by atoms with E-state index < -0.39 is 0 Å². The smallest absolute Gasteiger partial charge is 0.264 e. The van der Waals surface area contributed by atoms with E-state index in [1.807, 2.05) is 6.92 Å². The van der Waals surface area contributed by atoms with Crippen molar-refractivity contribution in [3.63, 3.8) is 0 Å². The highest BCUT2D eigenvalue weighted by Crippen LogP contribution is 2.26. The normalized spacial score (nSPS) is 10.8. The van der Waals surface area contributed by atoms with Crippen molar-refractivity contribution in [1.29, 1.82) is 0 Å². The van der Waals surface area contributed by atoms with Gasteiger partial charge in [-0.05, 0) is 30.7 Å². The molecule has 1 amide bonds. The van der Waals surface area contributed by atoms with Crippen LogP contribution in [-0.2, 0) is 11.2 Å². The van der Waals surface area contributed by atoms with Gasteiger partial charge < -0.3 is 14.9 Å². The SMILES string of the molecule is CCOc1cc(/C=N\NC(=O)Cc2cc(=O)[nH][nH]2)ccc1O. The second kappa shape index (κ2) is 7.11. The second-order valence-corrected chi connectivity index (χ2v) is 4.41. The summed E-state index contributed by atoms with van der Waals surface area (Å²) < 4.78 is 5.25. The molecule has 2 aromatic rings. The van der Waals surface area contributed by atoms with Crippen molar-refractivity contribution in [2.24, 2.45) is 5.10 Å². The van der Waals surface area contributed by atoms with Gasteiger partial charge in [0.15, 0.2) is 11.5 Å². The van der Waals surface area contributed by atoms with Crippen molar-refractivity contribution in [2.75, 3.05) is 6.61 Å². The molecule has 0 atom stereocenters. The molecule has 0 saturated carbocycles. The zero-order valence-corrected chi connectivity index (χ0v) is 11.9. The van der Waals surface area contributed by atoms with Gasteiger partial charge in [0.05, 0.1) is 19.2 Å². The van der Waals surface area contributed by atoms with Crippen LogP contribution >= 0.6 is 0 Å². The van der Waals surface area contributed by atoms with E-state index in [-0.39, 0.29) is 23.6 Å². The number of aromatic amines is 2. The topological polar surface area (TPSA) is 120 Å². The quantitative estimate of drug-likeness (QED) is 0.459. The molecule has 0 radical (unpaired) electrons. The summed E-state index contributed by atoms with van der Waals surface area (Å²) in [5.74, 6) is 0.0254. The summed E-state index contributed by atoms with van der Waals surface area (Å²) >= 11 is 0. The minimum atomic E-state index is -0.365. The van der Waals surface area contributed by atoms with Crippen LogP contribution in [0.1, 0.15) is 18.2 Å². The number of nitrogens with one attached hydrogen (secondary N) is 3. The van der Waals surface area contributed by atoms with Crippen molar-refractivity contribution >= 4 is 12.1 Å². The minimum Gasteiger partial charge on any atom is -0.504 e. The Balaban J connectivity index is 1.93. The molecule has 116 valence electrons. The number of hydrogen-bond acceptors (Lipinski definition) is 5. The molecule has 0 aliphatic carbocycles. The van der Waals surface area contributed by atoms with E-state index in [9.17, 15) is 14.7 Å². The lowest BCUT2D eigenvalue weighted by Gasteiger charge is -2.05. The lowest BCUT2D eigenvalue weighted by atomic mass is 10.2. The summed E-state index contributed by atoms with van der Waals surface area (Å²) in [6, 6.07) is 6.03. The Kier molecular flexibility index (Phi) is 4.97. The zero-order valence-electron chi connectivity index (χ0n) is 11.9. The summed E-state index contributed by atoms with van der Waals surface area (Å²) in [5, 5.41) is 18.3. The fraction of sp³-hybridized carbons (Fsp3) is 0.214. The number of phenolic OH excluding ortho intramolecular Hbond substituents is 1. The van der Waals surface area contributed by atoms with E-state index in [0.717, 1.165) is 0 Å². The van der Waals surface area contributed by atoms with Gasteiger partial charge in [0.25, 0.3) is 5.56 Å². The fourth-order valence-corrected chi connectivity index (χ4v) is 1.74. The number of amides is 1. The predicted molar refractivity (Wildman–Crippen MR) is 80.1 cm³/mol. The molecule has 1 heterocycles. The number of carbonyl (C=O) groups is 1. The fourth-order valence-electron chi connectivity index (χ4n) is 1.74. The van der Waals surface area contributed by atoms with Gasteiger partial charge in [-0.25, -0.2) is 5.43 Å². The van der Waals surface area contributed by atoms with Crippen LogP contribution in [0.15, 0.2) is 34.2 Å². The maximum atomic E-state index is 11.6. The van der Waals surface area contributed by atoms with Crippen molar-refractivity contribution in [3.05, 3.63) is 45.9 Å². The number of aromatic nitrogens is 2. The van der Waals surface area contributed by atoms with E-state index in [0.29, 0.717) is 23.6 Å². The van der Waals surface area contributed by atoms with Crippen molar-refractivity contribution in [1.82, 2.24) is 15.6 Å². The molecular formula is C14H16N4O4. The number of hydrogen-bond donors (Lipinski definition) is 4. The summed E-state index contributed by atoms with van der Waals surface area (Å²) in [6.07, 6.45) is 1.44. The van der Waals surface area contributed by atoms with Crippen LogP contribution in [0.5, 0.6) is 11.5 Å². The number of benzene rings is 1. The highest BCUT2D eigenvalue weighted by molar-refractivity contribution is 5.83. The molecule has 0 fully saturated rings. The third-order valence-corrected chi connectivity index (χ3v) is 2.69. The summed E-state index contributed by atoms with van der Waals surface area (Å²) in [5.41, 5.74) is 3.19. The predicted octanol–water partition coefficient (Wildman–Crippen LogP) is 0.500. The van der Waals surface area contributed by atoms with Crippen LogP contribution in [0, 0.1) is 0 Å². The number of ether oxygens (including phenoxy) is 1. The molecule has 8 heteroatoms. The van der Waals surface area contributed by atoms with Crippen molar-refractivity contribution < 1.29 is 14.6 Å². The van der Waals surface area contributed by atoms with Gasteiger partial charge in [-0.3, -0.25) is 14.7 Å². The Morgan fingerprint density at radius 3 is 2.91 bits per heavy atom. The molecule has 2 rings (SSSR count). The molecule has 0 aliphatic rings. The van der Waals surface area contributed by atoms with Gasteiger partial charge >= 0.3 is 0 Å². The summed E-state index contributed by atoms with van der Waals surface area (Å²) in [4.78, 5) is 22.5. The molecule has 0 unspecified atom stereocenters. The number of carbonyl (C=O) groups excluding carboxylic acids is 1. The van der Waals surface area contributed by atoms with E-state index in [1.54, 1.807) is 12.1 Å². The largest absolute Gasteiger partial charge is 0.504 e. The summed E-state index contributed by atoms with van der Waals surface area (Å²) in [6.45, 7) is 2.24. The molecule has 4 N–H and O–H groups in total. The van der Waals surface area contributed by atoms with Gasteiger partial charge in [0.2, 0.25) is 5.91 Å². The maximum Gasteiger partial charge on any atom is 0.264 e. The number of hydrazone groups is 1. The summed E-state index contributed by atoms with van der Waals surface area (Å²) in [7, 11) is 0. The third kappa shape index (κ3) is 4.23. The molecule has 0 bridgehead atoms. The van der Waals surface area contributed by atoms with E-state index >= 15 is 0 Å². The minimum absolute atomic E-state index is 0.00978. The molecule has 8 nitrogen and oxygen atoms in total. The number of nitrogens with zero attached hydrogens (tertiary/aromatic N) is 1. The van der Waals surface area contributed by atoms with Crippen LogP contribution in [0.2, 0.25) is 0 Å². The van der Waals surface area contributed by atoms with E-state index in [2.05, 4.69) is 20.7 Å². The number of H-pyrrole nitrogens is 2. The van der Waals surface area contributed by atoms with Gasteiger partial charge in [-0.15, -0.1) is 0 Å². The van der Waals surface area contributed by atoms with Gasteiger partial charge in [-0.2, -0.15) is 5.10 Å². The molecule has 0 spiro atoms. The Morgan fingerprint density at radius 1 is 1.41 bits per heavy atom. The van der Waals surface area contributed by atoms with Gasteiger partial charge in [0.1, 0.15) is 0 Å². The van der Waals surface area contributed by atoms with Gasteiger partial charge in [0, 0.05) is 11.8 Å². The van der Waals surface area contributed by atoms with Crippen molar-refractivity contribution in [3.8, 4) is 11.5 Å². The first kappa shape index (κ1) is 15.4. The van der Waals surface area contributed by atoms with Crippen LogP contribution in [0.4, 0.5) is 0 Å². The highest BCUT2D eigenvalue weighted by Gasteiger charge is 2.05. The van der Waals surface area contributed by atoms with E-state index in [1.165, 1.54) is 18.3 Å². The average Bonchev–Trinajstić information content (AvgIpc) is 2.88. The Morgan fingerprint density at radius 2 is 2.23 bits per heavy atom. The second-order valence-electron chi connectivity index (χ2n) is 4.41. The van der Waals surface area contributed by atoms with Crippen LogP contribution in [0.25, 0.3) is 0 Å². The molecule has 0 saturated heterocycles. The molecule has 22 heavy (non-hydrogen) atoms. The average molecular weight is 304 g/mol. The number of rotatable bonds is 6. The Hall–Kier alpha value is -3.03.